The van der Waals surface area contributed by atoms with Crippen molar-refractivity contribution in [3.05, 3.63) is 36.5 Å². The molecule has 2 nitrogen and oxygen atoms in total. The molecule has 2 heteroatoms. The Morgan fingerprint density at radius 1 is 1.47 bits per heavy atom. The van der Waals surface area contributed by atoms with Gasteiger partial charge in [-0.3, -0.25) is 0 Å². The molecule has 0 spiro atoms. The van der Waals surface area contributed by atoms with Gasteiger partial charge in [0.1, 0.15) is 0 Å². The smallest absolute Gasteiger partial charge is 0.0587 e. The quantitative estimate of drug-likeness (QED) is 0.662. The van der Waals surface area contributed by atoms with Crippen molar-refractivity contribution in [2.75, 3.05) is 13.7 Å². The van der Waals surface area contributed by atoms with Crippen LogP contribution in [0.25, 0.3) is 0 Å². The van der Waals surface area contributed by atoms with E-state index in [1.807, 2.05) is 52.1 Å². The predicted octanol–water partition coefficient (Wildman–Crippen LogP) is 2.67. The van der Waals surface area contributed by atoms with Gasteiger partial charge in [-0.05, 0) is 26.0 Å². The highest BCUT2D eigenvalue weighted by Crippen LogP contribution is 2.06. The van der Waals surface area contributed by atoms with E-state index in [2.05, 4.69) is 11.9 Å². The summed E-state index contributed by atoms with van der Waals surface area (Å²) in [5, 5.41) is 12.0. The van der Waals surface area contributed by atoms with Crippen LogP contribution in [-0.4, -0.2) is 24.8 Å². The van der Waals surface area contributed by atoms with Crippen LogP contribution in [0.5, 0.6) is 0 Å². The number of likely N-dealkylation sites (N-methyl/N-ethyl adjacent to an activating group) is 1. The molecule has 0 unspecified atom stereocenters. The lowest BCUT2D eigenvalue weighted by Gasteiger charge is -2.12. The molecule has 0 aromatic carbocycles. The zero-order valence-electron chi connectivity index (χ0n) is 10.5. The van der Waals surface area contributed by atoms with E-state index in [0.717, 1.165) is 12.0 Å². The van der Waals surface area contributed by atoms with E-state index in [1.54, 1.807) is 0 Å². The Morgan fingerprint density at radius 3 is 2.40 bits per heavy atom. The van der Waals surface area contributed by atoms with Crippen molar-refractivity contribution in [2.24, 2.45) is 0 Å². The molecule has 1 atom stereocenters. The van der Waals surface area contributed by atoms with E-state index in [0.29, 0.717) is 0 Å². The van der Waals surface area contributed by atoms with E-state index in [9.17, 15) is 0 Å². The molecule has 0 aliphatic rings. The number of aliphatic hydroxyl groups is 1. The largest absolute Gasteiger partial charge is 0.395 e. The monoisotopic (exact) mass is 211 g/mol. The van der Waals surface area contributed by atoms with Crippen LogP contribution in [0.15, 0.2) is 36.5 Å². The molecule has 0 saturated heterocycles. The maximum atomic E-state index is 8.95. The standard InChI is InChI=1S/C11H19NO.C2H6/c1-4-6-7-10(5-2)8-11(9-13)12-3;1-2/h4-7,11-13H,2,8-9H2,1,3H3;1-2H3/b6-4-,10-7+;/t11-;/m0./s1. The molecule has 0 radical (unpaired) electrons. The number of nitrogens with one attached hydrogen (secondary N) is 1. The van der Waals surface area contributed by atoms with Crippen molar-refractivity contribution in [2.45, 2.75) is 33.2 Å². The number of rotatable bonds is 6. The zero-order valence-corrected chi connectivity index (χ0v) is 10.5. The van der Waals surface area contributed by atoms with Crippen LogP contribution in [0.3, 0.4) is 0 Å². The first-order valence-electron chi connectivity index (χ1n) is 5.50. The lowest BCUT2D eigenvalue weighted by molar-refractivity contribution is 0.248. The molecule has 0 aliphatic heterocycles. The second-order valence-electron chi connectivity index (χ2n) is 2.84. The molecule has 0 rings (SSSR count). The van der Waals surface area contributed by atoms with Gasteiger partial charge in [0.2, 0.25) is 0 Å². The third-order valence-electron chi connectivity index (χ3n) is 1.88. The van der Waals surface area contributed by atoms with Gasteiger partial charge in [-0.25, -0.2) is 0 Å². The lowest BCUT2D eigenvalue weighted by Crippen LogP contribution is -2.29. The minimum absolute atomic E-state index is 0.120. The predicted molar refractivity (Wildman–Crippen MR) is 69.0 cm³/mol. The SMILES string of the molecule is C=C/C(=C\C=C/C)C[C@@H](CO)NC.CC. The van der Waals surface area contributed by atoms with Crippen LogP contribution in [0.4, 0.5) is 0 Å². The Bertz CT molecular complexity index is 191. The summed E-state index contributed by atoms with van der Waals surface area (Å²) in [5.41, 5.74) is 1.13. The van der Waals surface area contributed by atoms with Gasteiger partial charge in [-0.2, -0.15) is 0 Å². The lowest BCUT2D eigenvalue weighted by atomic mass is 10.1. The van der Waals surface area contributed by atoms with Crippen molar-refractivity contribution in [3.8, 4) is 0 Å². The maximum Gasteiger partial charge on any atom is 0.0587 e. The van der Waals surface area contributed by atoms with Crippen molar-refractivity contribution in [1.29, 1.82) is 0 Å². The Balaban J connectivity index is 0. The summed E-state index contributed by atoms with van der Waals surface area (Å²) in [5.74, 6) is 0. The minimum atomic E-state index is 0.120. The van der Waals surface area contributed by atoms with E-state index in [1.165, 1.54) is 0 Å². The molecule has 15 heavy (non-hydrogen) atoms. The van der Waals surface area contributed by atoms with Crippen molar-refractivity contribution < 1.29 is 5.11 Å². The third kappa shape index (κ3) is 9.44. The second-order valence-corrected chi connectivity index (χ2v) is 2.84. The van der Waals surface area contributed by atoms with Gasteiger partial charge in [-0.1, -0.05) is 44.7 Å². The Labute approximate surface area is 94.4 Å². The Morgan fingerprint density at radius 2 is 2.07 bits per heavy atom. The van der Waals surface area contributed by atoms with Crippen LogP contribution < -0.4 is 5.32 Å². The van der Waals surface area contributed by atoms with Gasteiger partial charge < -0.3 is 10.4 Å². The van der Waals surface area contributed by atoms with E-state index in [4.69, 9.17) is 5.11 Å². The average Bonchev–Trinajstić information content (AvgIpc) is 2.32. The van der Waals surface area contributed by atoms with Gasteiger partial charge in [-0.15, -0.1) is 0 Å². The fourth-order valence-electron chi connectivity index (χ4n) is 0.982. The Kier molecular flexibility index (Phi) is 14.5. The van der Waals surface area contributed by atoms with Crippen LogP contribution in [-0.2, 0) is 0 Å². The Hall–Kier alpha value is -0.860. The molecule has 0 amide bonds. The van der Waals surface area contributed by atoms with Crippen LogP contribution in [0, 0.1) is 0 Å². The highest BCUT2D eigenvalue weighted by atomic mass is 16.3. The maximum absolute atomic E-state index is 8.95. The highest BCUT2D eigenvalue weighted by molar-refractivity contribution is 5.22. The molecule has 0 bridgehead atoms. The summed E-state index contributed by atoms with van der Waals surface area (Å²) < 4.78 is 0. The van der Waals surface area contributed by atoms with Gasteiger partial charge in [0.25, 0.3) is 0 Å². The summed E-state index contributed by atoms with van der Waals surface area (Å²) >= 11 is 0. The van der Waals surface area contributed by atoms with Gasteiger partial charge >= 0.3 is 0 Å². The highest BCUT2D eigenvalue weighted by Gasteiger charge is 2.04. The summed E-state index contributed by atoms with van der Waals surface area (Å²) in [4.78, 5) is 0. The number of hydrogen-bond donors (Lipinski definition) is 2. The zero-order chi connectivity index (χ0) is 12.1. The first kappa shape index (κ1) is 16.6. The summed E-state index contributed by atoms with van der Waals surface area (Å²) in [6.45, 7) is 9.85. The number of hydrogen-bond acceptors (Lipinski definition) is 2. The van der Waals surface area contributed by atoms with E-state index in [-0.39, 0.29) is 12.6 Å². The van der Waals surface area contributed by atoms with E-state index >= 15 is 0 Å². The summed E-state index contributed by atoms with van der Waals surface area (Å²) in [7, 11) is 1.84. The first-order chi connectivity index (χ1) is 7.28. The number of aliphatic hydroxyl groups excluding tert-OH is 1. The fraction of sp³-hybridized carbons (Fsp3) is 0.538. The molecule has 0 aromatic heterocycles. The minimum Gasteiger partial charge on any atom is -0.395 e. The van der Waals surface area contributed by atoms with Crippen molar-refractivity contribution >= 4 is 0 Å². The molecule has 2 N–H and O–H groups in total. The van der Waals surface area contributed by atoms with Crippen molar-refractivity contribution in [1.82, 2.24) is 5.32 Å². The third-order valence-corrected chi connectivity index (χ3v) is 1.88. The van der Waals surface area contributed by atoms with Crippen LogP contribution in [0.1, 0.15) is 27.2 Å². The normalized spacial score (nSPS) is 13.3. The van der Waals surface area contributed by atoms with Crippen molar-refractivity contribution in [3.63, 3.8) is 0 Å². The van der Waals surface area contributed by atoms with Gasteiger partial charge in [0.15, 0.2) is 0 Å². The topological polar surface area (TPSA) is 32.3 Å². The van der Waals surface area contributed by atoms with E-state index < -0.39 is 0 Å². The molecule has 88 valence electrons. The molecule has 0 aliphatic carbocycles. The molecular formula is C13H25NO. The van der Waals surface area contributed by atoms with Gasteiger partial charge in [0, 0.05) is 6.04 Å². The van der Waals surface area contributed by atoms with Crippen LogP contribution in [0.2, 0.25) is 0 Å². The summed E-state index contributed by atoms with van der Waals surface area (Å²) in [6.07, 6.45) is 8.58. The summed E-state index contributed by atoms with van der Waals surface area (Å²) in [6, 6.07) is 0.120. The van der Waals surface area contributed by atoms with Gasteiger partial charge in [0.05, 0.1) is 6.61 Å². The molecule has 0 aromatic rings. The molecule has 0 fully saturated rings. The number of allylic oxidation sites excluding steroid dienone is 4. The average molecular weight is 211 g/mol. The van der Waals surface area contributed by atoms with Crippen LogP contribution >= 0.6 is 0 Å². The molecule has 0 saturated carbocycles. The first-order valence-corrected chi connectivity index (χ1v) is 5.50. The second kappa shape index (κ2) is 13.1. The molecule has 0 heterocycles. The fourth-order valence-corrected chi connectivity index (χ4v) is 0.982. The molecular weight excluding hydrogens is 186 g/mol.